The fourth-order valence-corrected chi connectivity index (χ4v) is 0. The first-order valence-electron chi connectivity index (χ1n) is 1.06. The normalized spacial score (nSPS) is 10.0. The SMILES string of the molecule is O=S(=O)([O-])CF.[Li+]. The van der Waals surface area contributed by atoms with E-state index < -0.39 is 16.1 Å². The second-order valence-corrected chi connectivity index (χ2v) is 2.00. The average Bonchev–Trinajstić information content (AvgIpc) is 1.35. The number of halogens is 1. The van der Waals surface area contributed by atoms with Gasteiger partial charge in [-0.05, 0) is 0 Å². The summed E-state index contributed by atoms with van der Waals surface area (Å²) < 4.78 is 37.8. The Balaban J connectivity index is 0. The van der Waals surface area contributed by atoms with E-state index in [1.807, 2.05) is 0 Å². The predicted molar refractivity (Wildman–Crippen MR) is 15.7 cm³/mol. The van der Waals surface area contributed by atoms with E-state index in [0.29, 0.717) is 0 Å². The summed E-state index contributed by atoms with van der Waals surface area (Å²) >= 11 is 0. The third-order valence-electron chi connectivity index (χ3n) is 0.134. The molecule has 0 aromatic heterocycles. The van der Waals surface area contributed by atoms with Gasteiger partial charge < -0.3 is 4.55 Å². The maximum atomic E-state index is 10.6. The summed E-state index contributed by atoms with van der Waals surface area (Å²) in [5.74, 6) is 0. The molecule has 0 fully saturated rings. The molecule has 0 radical (unpaired) electrons. The van der Waals surface area contributed by atoms with Gasteiger partial charge in [-0.1, -0.05) is 0 Å². The Morgan fingerprint density at radius 3 is 1.71 bits per heavy atom. The molecule has 0 aliphatic carbocycles. The fourth-order valence-electron chi connectivity index (χ4n) is 0. The minimum Gasteiger partial charge on any atom is -0.746 e. The molecule has 0 saturated heterocycles. The number of hydrogen-bond acceptors (Lipinski definition) is 3. The summed E-state index contributed by atoms with van der Waals surface area (Å²) in [4.78, 5) is 0. The van der Waals surface area contributed by atoms with Crippen molar-refractivity contribution in [2.45, 2.75) is 0 Å². The molecule has 6 heteroatoms. The van der Waals surface area contributed by atoms with Gasteiger partial charge in [0.2, 0.25) is 0 Å². The van der Waals surface area contributed by atoms with Crippen molar-refractivity contribution < 1.29 is 36.2 Å². The summed E-state index contributed by atoms with van der Waals surface area (Å²) in [5.41, 5.74) is 0. The molecule has 7 heavy (non-hydrogen) atoms. The minimum atomic E-state index is -4.58. The smallest absolute Gasteiger partial charge is 0.746 e. The van der Waals surface area contributed by atoms with Gasteiger partial charge in [-0.3, -0.25) is 0 Å². The summed E-state index contributed by atoms with van der Waals surface area (Å²) in [6, 6.07) is -1.81. The molecule has 0 amide bonds. The van der Waals surface area contributed by atoms with Crippen LogP contribution in [0.15, 0.2) is 0 Å². The van der Waals surface area contributed by atoms with Crippen LogP contribution in [-0.4, -0.2) is 19.0 Å². The second-order valence-electron chi connectivity index (χ2n) is 0.667. The van der Waals surface area contributed by atoms with Crippen LogP contribution < -0.4 is 18.9 Å². The molecule has 0 saturated carbocycles. The molecule has 38 valence electrons. The van der Waals surface area contributed by atoms with Crippen molar-refractivity contribution >= 4 is 10.1 Å². The Kier molecular flexibility index (Phi) is 5.12. The molecule has 0 bridgehead atoms. The van der Waals surface area contributed by atoms with Crippen LogP contribution in [0.4, 0.5) is 4.39 Å². The second kappa shape index (κ2) is 3.44. The van der Waals surface area contributed by atoms with Gasteiger partial charge in [0.15, 0.2) is 6.01 Å². The first-order valence-corrected chi connectivity index (χ1v) is 2.63. The maximum Gasteiger partial charge on any atom is 1.00 e. The average molecular weight is 120 g/mol. The Labute approximate surface area is 52.8 Å². The van der Waals surface area contributed by atoms with E-state index in [-0.39, 0.29) is 18.9 Å². The van der Waals surface area contributed by atoms with E-state index in [1.165, 1.54) is 0 Å². The van der Waals surface area contributed by atoms with E-state index in [4.69, 9.17) is 13.0 Å². The van der Waals surface area contributed by atoms with Crippen molar-refractivity contribution in [3.63, 3.8) is 0 Å². The molecule has 0 rings (SSSR count). The Hall–Kier alpha value is 0.437. The van der Waals surface area contributed by atoms with Crippen LogP contribution in [0.2, 0.25) is 0 Å². The largest absolute Gasteiger partial charge is 1.00 e. The standard InChI is InChI=1S/CH3FO3S.Li/c2-1-6(3,4)5;/h1H2,(H,3,4,5);/q;+1/p-1. The molecule has 0 aromatic rings. The number of alkyl halides is 1. The van der Waals surface area contributed by atoms with Gasteiger partial charge in [0.05, 0.1) is 0 Å². The predicted octanol–water partition coefficient (Wildman–Crippen LogP) is -3.54. The molecule has 0 unspecified atom stereocenters. The molecule has 0 aliphatic heterocycles. The molecule has 0 spiro atoms. The van der Waals surface area contributed by atoms with E-state index in [0.717, 1.165) is 0 Å². The number of hydrogen-bond donors (Lipinski definition) is 0. The van der Waals surface area contributed by atoms with Gasteiger partial charge in [-0.2, -0.15) is 0 Å². The monoisotopic (exact) mass is 120 g/mol. The molecular formula is CH2FLiO3S. The molecular weight excluding hydrogens is 118 g/mol. The van der Waals surface area contributed by atoms with Crippen molar-refractivity contribution in [1.82, 2.24) is 0 Å². The molecule has 0 N–H and O–H groups in total. The quantitative estimate of drug-likeness (QED) is 0.266. The number of rotatable bonds is 1. The van der Waals surface area contributed by atoms with E-state index in [1.54, 1.807) is 0 Å². The van der Waals surface area contributed by atoms with Gasteiger partial charge in [0.1, 0.15) is 10.1 Å². The molecule has 0 atom stereocenters. The van der Waals surface area contributed by atoms with Gasteiger partial charge in [0, 0.05) is 0 Å². The van der Waals surface area contributed by atoms with Crippen LogP contribution in [-0.2, 0) is 10.1 Å². The third-order valence-corrected chi connectivity index (χ3v) is 0.401. The summed E-state index contributed by atoms with van der Waals surface area (Å²) in [6.45, 7) is 0. The summed E-state index contributed by atoms with van der Waals surface area (Å²) in [5, 5.41) is 0. The van der Waals surface area contributed by atoms with E-state index >= 15 is 0 Å². The molecule has 3 nitrogen and oxygen atoms in total. The van der Waals surface area contributed by atoms with Crippen molar-refractivity contribution in [2.75, 3.05) is 6.01 Å². The van der Waals surface area contributed by atoms with Crippen LogP contribution in [0.1, 0.15) is 0 Å². The van der Waals surface area contributed by atoms with Crippen molar-refractivity contribution in [3.05, 3.63) is 0 Å². The van der Waals surface area contributed by atoms with Gasteiger partial charge in [-0.15, -0.1) is 0 Å². The van der Waals surface area contributed by atoms with E-state index in [9.17, 15) is 4.39 Å². The van der Waals surface area contributed by atoms with Gasteiger partial charge >= 0.3 is 18.9 Å². The first-order chi connectivity index (χ1) is 2.56. The first kappa shape index (κ1) is 10.4. The summed E-state index contributed by atoms with van der Waals surface area (Å²) in [6.07, 6.45) is 0. The van der Waals surface area contributed by atoms with Crippen LogP contribution in [0.25, 0.3) is 0 Å². The molecule has 0 aromatic carbocycles. The summed E-state index contributed by atoms with van der Waals surface area (Å²) in [7, 11) is -4.58. The molecule has 0 heterocycles. The van der Waals surface area contributed by atoms with Gasteiger partial charge in [-0.25, -0.2) is 12.8 Å². The molecule has 0 aliphatic rings. The minimum absolute atomic E-state index is 0. The van der Waals surface area contributed by atoms with Crippen molar-refractivity contribution in [2.24, 2.45) is 0 Å². The Bertz CT molecular complexity index is 117. The third kappa shape index (κ3) is 10.7. The Morgan fingerprint density at radius 1 is 1.57 bits per heavy atom. The zero-order valence-corrected chi connectivity index (χ0v) is 4.53. The maximum absolute atomic E-state index is 10.6. The fraction of sp³-hybridized carbons (Fsp3) is 1.00. The zero-order valence-electron chi connectivity index (χ0n) is 3.72. The Morgan fingerprint density at radius 2 is 1.71 bits per heavy atom. The van der Waals surface area contributed by atoms with Crippen LogP contribution in [0.5, 0.6) is 0 Å². The van der Waals surface area contributed by atoms with Crippen LogP contribution >= 0.6 is 0 Å². The van der Waals surface area contributed by atoms with Crippen molar-refractivity contribution in [1.29, 1.82) is 0 Å². The van der Waals surface area contributed by atoms with Crippen LogP contribution in [0.3, 0.4) is 0 Å². The zero-order chi connectivity index (χ0) is 5.21. The van der Waals surface area contributed by atoms with E-state index in [2.05, 4.69) is 0 Å². The van der Waals surface area contributed by atoms with Crippen molar-refractivity contribution in [3.8, 4) is 0 Å². The topological polar surface area (TPSA) is 57.2 Å². The van der Waals surface area contributed by atoms with Gasteiger partial charge in [0.25, 0.3) is 0 Å². The van der Waals surface area contributed by atoms with Crippen LogP contribution in [0, 0.1) is 0 Å².